The minimum absolute atomic E-state index is 0. The van der Waals surface area contributed by atoms with E-state index in [1.54, 1.807) is 0 Å². The zero-order valence-corrected chi connectivity index (χ0v) is 27.3. The molecular weight excluding hydrogens is 537 g/mol. The molecular formula is C32H54MgO8. The minimum atomic E-state index is -1.39. The SMILES string of the molecule is CCCCCCCCCCCCOC(=O)/C=C\C(=O)[O-].CCCCCCCCCCCCOC(=O)/C=C\C(=O)[O-].[Mg+2]. The molecule has 0 N–H and O–H groups in total. The maximum atomic E-state index is 11.0. The van der Waals surface area contributed by atoms with E-state index in [2.05, 4.69) is 13.8 Å². The van der Waals surface area contributed by atoms with Gasteiger partial charge in [0.15, 0.2) is 0 Å². The van der Waals surface area contributed by atoms with E-state index in [1.165, 1.54) is 103 Å². The van der Waals surface area contributed by atoms with Crippen LogP contribution in [0, 0.1) is 0 Å². The van der Waals surface area contributed by atoms with Crippen LogP contribution in [0.4, 0.5) is 0 Å². The zero-order valence-electron chi connectivity index (χ0n) is 25.8. The van der Waals surface area contributed by atoms with Gasteiger partial charge in [0, 0.05) is 12.2 Å². The average molecular weight is 591 g/mol. The second kappa shape index (κ2) is 36.2. The van der Waals surface area contributed by atoms with Crippen molar-refractivity contribution >= 4 is 46.9 Å². The number of carbonyl (C=O) groups excluding carboxylic acids is 4. The summed E-state index contributed by atoms with van der Waals surface area (Å²) in [5.41, 5.74) is 0. The van der Waals surface area contributed by atoms with Crippen LogP contribution in [-0.4, -0.2) is 60.1 Å². The fourth-order valence-corrected chi connectivity index (χ4v) is 3.89. The molecule has 41 heavy (non-hydrogen) atoms. The monoisotopic (exact) mass is 590 g/mol. The molecule has 0 aliphatic rings. The predicted molar refractivity (Wildman–Crippen MR) is 160 cm³/mol. The van der Waals surface area contributed by atoms with Crippen molar-refractivity contribution in [2.45, 2.75) is 142 Å². The standard InChI is InChI=1S/2C16H28O4.Mg/c2*1-2-3-4-5-6-7-8-9-10-11-14-20-16(19)13-12-15(17)18;/h2*12-13H,2-11,14H2,1H3,(H,17,18);/q;;+2/p-2/b2*13-12-;. The molecule has 0 aromatic carbocycles. The summed E-state index contributed by atoms with van der Waals surface area (Å²) in [7, 11) is 0. The maximum absolute atomic E-state index is 11.0. The number of carboxylic acid groups (broad SMARTS) is 2. The molecule has 0 saturated heterocycles. The van der Waals surface area contributed by atoms with Crippen molar-refractivity contribution in [3.8, 4) is 0 Å². The molecule has 232 valence electrons. The number of esters is 2. The maximum Gasteiger partial charge on any atom is 2.00 e. The van der Waals surface area contributed by atoms with Gasteiger partial charge >= 0.3 is 35.0 Å². The van der Waals surface area contributed by atoms with Crippen LogP contribution in [0.5, 0.6) is 0 Å². The molecule has 0 unspecified atom stereocenters. The van der Waals surface area contributed by atoms with Gasteiger partial charge in [0.25, 0.3) is 0 Å². The van der Waals surface area contributed by atoms with Crippen molar-refractivity contribution in [2.75, 3.05) is 13.2 Å². The number of rotatable bonds is 26. The molecule has 0 bridgehead atoms. The average Bonchev–Trinajstić information content (AvgIpc) is 2.92. The third kappa shape index (κ3) is 42.7. The first-order valence-corrected chi connectivity index (χ1v) is 15.4. The number of carbonyl (C=O) groups is 4. The molecule has 0 heterocycles. The van der Waals surface area contributed by atoms with E-state index in [0.29, 0.717) is 25.4 Å². The fraction of sp³-hybridized carbons (Fsp3) is 0.750. The van der Waals surface area contributed by atoms with E-state index in [4.69, 9.17) is 9.47 Å². The molecule has 0 amide bonds. The van der Waals surface area contributed by atoms with Crippen molar-refractivity contribution in [3.05, 3.63) is 24.3 Å². The van der Waals surface area contributed by atoms with Gasteiger partial charge in [-0.1, -0.05) is 129 Å². The first-order valence-electron chi connectivity index (χ1n) is 15.4. The summed E-state index contributed by atoms with van der Waals surface area (Å²) in [6.45, 7) is 5.15. The number of hydrogen-bond donors (Lipinski definition) is 0. The van der Waals surface area contributed by atoms with Crippen molar-refractivity contribution < 1.29 is 38.9 Å². The molecule has 0 atom stereocenters. The molecule has 9 heteroatoms. The molecule has 0 aromatic heterocycles. The van der Waals surface area contributed by atoms with Crippen LogP contribution in [0.15, 0.2) is 24.3 Å². The summed E-state index contributed by atoms with van der Waals surface area (Å²) in [6.07, 6.45) is 27.6. The van der Waals surface area contributed by atoms with Gasteiger partial charge in [-0.2, -0.15) is 0 Å². The van der Waals surface area contributed by atoms with Gasteiger partial charge in [-0.15, -0.1) is 0 Å². The Morgan fingerprint density at radius 1 is 0.439 bits per heavy atom. The molecule has 0 fully saturated rings. The van der Waals surface area contributed by atoms with Crippen LogP contribution in [-0.2, 0) is 28.7 Å². The van der Waals surface area contributed by atoms with E-state index in [9.17, 15) is 29.4 Å². The summed E-state index contributed by atoms with van der Waals surface area (Å²) < 4.78 is 9.70. The van der Waals surface area contributed by atoms with Gasteiger partial charge in [0.1, 0.15) is 0 Å². The Morgan fingerprint density at radius 2 is 0.683 bits per heavy atom. The Hall–Kier alpha value is -1.87. The first-order chi connectivity index (χ1) is 19.3. The van der Waals surface area contributed by atoms with Gasteiger partial charge in [0.05, 0.1) is 25.2 Å². The Bertz CT molecular complexity index is 633. The van der Waals surface area contributed by atoms with Crippen molar-refractivity contribution in [3.63, 3.8) is 0 Å². The van der Waals surface area contributed by atoms with Crippen LogP contribution in [0.3, 0.4) is 0 Å². The van der Waals surface area contributed by atoms with Crippen LogP contribution < -0.4 is 10.2 Å². The number of carboxylic acids is 2. The Kier molecular flexibility index (Phi) is 38.4. The third-order valence-corrected chi connectivity index (χ3v) is 6.20. The van der Waals surface area contributed by atoms with Gasteiger partial charge in [0.2, 0.25) is 0 Å². The minimum Gasteiger partial charge on any atom is -0.545 e. The molecule has 8 nitrogen and oxygen atoms in total. The van der Waals surface area contributed by atoms with Crippen LogP contribution in [0.1, 0.15) is 142 Å². The first kappa shape index (κ1) is 43.6. The summed E-state index contributed by atoms with van der Waals surface area (Å²) >= 11 is 0. The largest absolute Gasteiger partial charge is 2.00 e. The third-order valence-electron chi connectivity index (χ3n) is 6.20. The van der Waals surface area contributed by atoms with Gasteiger partial charge in [-0.3, -0.25) is 0 Å². The van der Waals surface area contributed by atoms with Gasteiger partial charge in [-0.25, -0.2) is 9.59 Å². The van der Waals surface area contributed by atoms with E-state index >= 15 is 0 Å². The molecule has 0 saturated carbocycles. The van der Waals surface area contributed by atoms with E-state index < -0.39 is 23.9 Å². The summed E-state index contributed by atoms with van der Waals surface area (Å²) in [4.78, 5) is 42.1. The summed E-state index contributed by atoms with van der Waals surface area (Å²) in [6, 6.07) is 0. The van der Waals surface area contributed by atoms with E-state index in [0.717, 1.165) is 37.8 Å². The predicted octanol–water partition coefficient (Wildman–Crippen LogP) is 5.13. The summed E-state index contributed by atoms with van der Waals surface area (Å²) in [5.74, 6) is -4.02. The number of aliphatic carboxylic acids is 2. The van der Waals surface area contributed by atoms with E-state index in [-0.39, 0.29) is 23.1 Å². The second-order valence-corrected chi connectivity index (χ2v) is 10.0. The molecule has 0 rings (SSSR count). The Morgan fingerprint density at radius 3 is 0.927 bits per heavy atom. The Balaban J connectivity index is -0.000000688. The van der Waals surface area contributed by atoms with Gasteiger partial charge < -0.3 is 29.3 Å². The van der Waals surface area contributed by atoms with Crippen LogP contribution >= 0.6 is 0 Å². The molecule has 0 radical (unpaired) electrons. The number of unbranched alkanes of at least 4 members (excludes halogenated alkanes) is 18. The fourth-order valence-electron chi connectivity index (χ4n) is 3.89. The smallest absolute Gasteiger partial charge is 0.545 e. The molecule has 0 spiro atoms. The summed E-state index contributed by atoms with van der Waals surface area (Å²) in [5, 5.41) is 20.1. The van der Waals surface area contributed by atoms with E-state index in [1.807, 2.05) is 0 Å². The molecule has 0 aliphatic carbocycles. The molecule has 0 aliphatic heterocycles. The van der Waals surface area contributed by atoms with Crippen molar-refractivity contribution in [2.24, 2.45) is 0 Å². The van der Waals surface area contributed by atoms with Crippen LogP contribution in [0.2, 0.25) is 0 Å². The van der Waals surface area contributed by atoms with Crippen molar-refractivity contribution in [1.29, 1.82) is 0 Å². The second-order valence-electron chi connectivity index (χ2n) is 10.0. The molecule has 0 aromatic rings. The Labute approximate surface area is 264 Å². The zero-order chi connectivity index (χ0) is 30.1. The van der Waals surface area contributed by atoms with Crippen molar-refractivity contribution in [1.82, 2.24) is 0 Å². The normalized spacial score (nSPS) is 10.6. The number of ether oxygens (including phenoxy) is 2. The topological polar surface area (TPSA) is 133 Å². The number of hydrogen-bond acceptors (Lipinski definition) is 8. The quantitative estimate of drug-likeness (QED) is 0.0586. The van der Waals surface area contributed by atoms with Gasteiger partial charge in [-0.05, 0) is 25.0 Å². The van der Waals surface area contributed by atoms with Crippen LogP contribution in [0.25, 0.3) is 0 Å².